The summed E-state index contributed by atoms with van der Waals surface area (Å²) < 4.78 is 0. The average Bonchev–Trinajstić information content (AvgIpc) is 2.58. The van der Waals surface area contributed by atoms with Gasteiger partial charge in [0.1, 0.15) is 0 Å². The summed E-state index contributed by atoms with van der Waals surface area (Å²) in [5.41, 5.74) is 1.74. The molecule has 1 aromatic carbocycles. The SMILES string of the molecule is CC.CC.O=C(CCc1ccccn1)c1ccccc1. The fraction of sp³-hybridized carbons (Fsp3) is 0.333. The van der Waals surface area contributed by atoms with Crippen molar-refractivity contribution in [2.45, 2.75) is 40.5 Å². The molecule has 2 aromatic rings. The molecule has 0 spiro atoms. The number of pyridine rings is 1. The third-order valence-electron chi connectivity index (χ3n) is 2.43. The molecule has 0 radical (unpaired) electrons. The minimum Gasteiger partial charge on any atom is -0.294 e. The summed E-state index contributed by atoms with van der Waals surface area (Å²) in [6, 6.07) is 15.1. The van der Waals surface area contributed by atoms with Gasteiger partial charge in [-0.3, -0.25) is 9.78 Å². The van der Waals surface area contributed by atoms with E-state index in [0.717, 1.165) is 11.3 Å². The van der Waals surface area contributed by atoms with Gasteiger partial charge in [-0.25, -0.2) is 0 Å². The van der Waals surface area contributed by atoms with E-state index in [9.17, 15) is 4.79 Å². The molecule has 0 N–H and O–H groups in total. The lowest BCUT2D eigenvalue weighted by atomic mass is 10.1. The minimum absolute atomic E-state index is 0.172. The molecular formula is C18H25NO. The number of aromatic nitrogens is 1. The molecule has 108 valence electrons. The van der Waals surface area contributed by atoms with E-state index in [2.05, 4.69) is 4.98 Å². The third kappa shape index (κ3) is 6.83. The van der Waals surface area contributed by atoms with Crippen LogP contribution in [0.25, 0.3) is 0 Å². The Morgan fingerprint density at radius 1 is 0.900 bits per heavy atom. The first-order valence-corrected chi connectivity index (χ1v) is 7.34. The maximum Gasteiger partial charge on any atom is 0.163 e. The molecular weight excluding hydrogens is 246 g/mol. The predicted octanol–water partition coefficient (Wildman–Crippen LogP) is 4.95. The van der Waals surface area contributed by atoms with Gasteiger partial charge < -0.3 is 0 Å². The van der Waals surface area contributed by atoms with Crippen molar-refractivity contribution in [1.29, 1.82) is 0 Å². The third-order valence-corrected chi connectivity index (χ3v) is 2.43. The molecule has 0 unspecified atom stereocenters. The van der Waals surface area contributed by atoms with Crippen molar-refractivity contribution >= 4 is 5.78 Å². The number of carbonyl (C=O) groups excluding carboxylic acids is 1. The Morgan fingerprint density at radius 2 is 1.50 bits per heavy atom. The van der Waals surface area contributed by atoms with Crippen LogP contribution in [0.1, 0.15) is 50.2 Å². The van der Waals surface area contributed by atoms with Gasteiger partial charge >= 0.3 is 0 Å². The first kappa shape index (κ1) is 18.0. The summed E-state index contributed by atoms with van der Waals surface area (Å²) in [4.78, 5) is 16.0. The molecule has 2 heteroatoms. The molecule has 0 fully saturated rings. The second-order valence-corrected chi connectivity index (χ2v) is 3.61. The summed E-state index contributed by atoms with van der Waals surface area (Å²) in [6.45, 7) is 8.00. The zero-order valence-electron chi connectivity index (χ0n) is 13.0. The maximum atomic E-state index is 11.8. The summed E-state index contributed by atoms with van der Waals surface area (Å²) >= 11 is 0. The molecule has 0 aliphatic heterocycles. The Hall–Kier alpha value is -1.96. The average molecular weight is 271 g/mol. The Balaban J connectivity index is 0.000000829. The van der Waals surface area contributed by atoms with Crippen molar-refractivity contribution in [2.75, 3.05) is 0 Å². The Kier molecular flexibility index (Phi) is 10.9. The number of carbonyl (C=O) groups is 1. The Bertz CT molecular complexity index is 451. The van der Waals surface area contributed by atoms with Gasteiger partial charge in [0.2, 0.25) is 0 Å². The number of ketones is 1. The number of hydrogen-bond donors (Lipinski definition) is 0. The van der Waals surface area contributed by atoms with E-state index >= 15 is 0 Å². The van der Waals surface area contributed by atoms with Crippen molar-refractivity contribution in [1.82, 2.24) is 4.98 Å². The van der Waals surface area contributed by atoms with E-state index in [1.165, 1.54) is 0 Å². The van der Waals surface area contributed by atoms with E-state index in [4.69, 9.17) is 0 Å². The van der Waals surface area contributed by atoms with E-state index in [1.54, 1.807) is 6.20 Å². The van der Waals surface area contributed by atoms with Gasteiger partial charge in [-0.2, -0.15) is 0 Å². The van der Waals surface area contributed by atoms with Crippen molar-refractivity contribution in [3.8, 4) is 0 Å². The fourth-order valence-corrected chi connectivity index (χ4v) is 1.56. The molecule has 20 heavy (non-hydrogen) atoms. The highest BCUT2D eigenvalue weighted by atomic mass is 16.1. The summed E-state index contributed by atoms with van der Waals surface area (Å²) in [5.74, 6) is 0.172. The van der Waals surface area contributed by atoms with E-state index in [-0.39, 0.29) is 5.78 Å². The van der Waals surface area contributed by atoms with Gasteiger partial charge in [0.15, 0.2) is 5.78 Å². The smallest absolute Gasteiger partial charge is 0.163 e. The van der Waals surface area contributed by atoms with Crippen LogP contribution in [0.5, 0.6) is 0 Å². The van der Waals surface area contributed by atoms with Gasteiger partial charge in [-0.05, 0) is 18.6 Å². The zero-order valence-corrected chi connectivity index (χ0v) is 13.0. The molecule has 2 nitrogen and oxygen atoms in total. The van der Waals surface area contributed by atoms with Gasteiger partial charge in [0, 0.05) is 23.9 Å². The van der Waals surface area contributed by atoms with Gasteiger partial charge in [0.05, 0.1) is 0 Å². The van der Waals surface area contributed by atoms with Crippen molar-refractivity contribution in [3.05, 3.63) is 66.0 Å². The van der Waals surface area contributed by atoms with Crippen LogP contribution in [0, 0.1) is 0 Å². The fourth-order valence-electron chi connectivity index (χ4n) is 1.56. The Morgan fingerprint density at radius 3 is 2.05 bits per heavy atom. The largest absolute Gasteiger partial charge is 0.294 e. The number of rotatable bonds is 4. The molecule has 0 aliphatic rings. The number of Topliss-reactive ketones (excluding diaryl/α,β-unsaturated/α-hetero) is 1. The van der Waals surface area contributed by atoms with Gasteiger partial charge in [-0.15, -0.1) is 0 Å². The molecule has 0 saturated heterocycles. The molecule has 0 aliphatic carbocycles. The standard InChI is InChI=1S/C14H13NO.2C2H6/c16-14(12-6-2-1-3-7-12)10-9-13-8-4-5-11-15-13;2*1-2/h1-8,11H,9-10H2;2*1-2H3. The number of hydrogen-bond acceptors (Lipinski definition) is 2. The molecule has 0 bridgehead atoms. The molecule has 0 saturated carbocycles. The topological polar surface area (TPSA) is 30.0 Å². The highest BCUT2D eigenvalue weighted by Gasteiger charge is 2.05. The highest BCUT2D eigenvalue weighted by molar-refractivity contribution is 5.96. The quantitative estimate of drug-likeness (QED) is 0.736. The number of aryl methyl sites for hydroxylation is 1. The summed E-state index contributed by atoms with van der Waals surface area (Å²) in [5, 5.41) is 0. The van der Waals surface area contributed by atoms with Crippen LogP contribution in [0.4, 0.5) is 0 Å². The van der Waals surface area contributed by atoms with Crippen LogP contribution in [-0.4, -0.2) is 10.8 Å². The van der Waals surface area contributed by atoms with Crippen LogP contribution < -0.4 is 0 Å². The van der Waals surface area contributed by atoms with E-state index in [1.807, 2.05) is 76.2 Å². The first-order valence-electron chi connectivity index (χ1n) is 7.34. The van der Waals surface area contributed by atoms with Crippen LogP contribution in [0.3, 0.4) is 0 Å². The maximum absolute atomic E-state index is 11.8. The van der Waals surface area contributed by atoms with Gasteiger partial charge in [-0.1, -0.05) is 64.1 Å². The highest BCUT2D eigenvalue weighted by Crippen LogP contribution is 2.06. The Labute approximate surface area is 122 Å². The number of nitrogens with zero attached hydrogens (tertiary/aromatic N) is 1. The first-order chi connectivity index (χ1) is 9.86. The summed E-state index contributed by atoms with van der Waals surface area (Å²) in [7, 11) is 0. The lowest BCUT2D eigenvalue weighted by molar-refractivity contribution is 0.0982. The van der Waals surface area contributed by atoms with Crippen LogP contribution in [0.15, 0.2) is 54.7 Å². The molecule has 2 rings (SSSR count). The number of benzene rings is 1. The molecule has 1 heterocycles. The van der Waals surface area contributed by atoms with Crippen molar-refractivity contribution < 1.29 is 4.79 Å². The van der Waals surface area contributed by atoms with Gasteiger partial charge in [0.25, 0.3) is 0 Å². The summed E-state index contributed by atoms with van der Waals surface area (Å²) in [6.07, 6.45) is 2.97. The van der Waals surface area contributed by atoms with Crippen LogP contribution in [0.2, 0.25) is 0 Å². The van der Waals surface area contributed by atoms with Crippen molar-refractivity contribution in [2.24, 2.45) is 0 Å². The second-order valence-electron chi connectivity index (χ2n) is 3.61. The zero-order chi connectivity index (χ0) is 15.2. The lowest BCUT2D eigenvalue weighted by Crippen LogP contribution is -2.01. The van der Waals surface area contributed by atoms with E-state index in [0.29, 0.717) is 12.8 Å². The second kappa shape index (κ2) is 12.1. The van der Waals surface area contributed by atoms with Crippen LogP contribution >= 0.6 is 0 Å². The van der Waals surface area contributed by atoms with Crippen LogP contribution in [-0.2, 0) is 6.42 Å². The predicted molar refractivity (Wildman–Crippen MR) is 86.0 cm³/mol. The van der Waals surface area contributed by atoms with E-state index < -0.39 is 0 Å². The minimum atomic E-state index is 0.172. The van der Waals surface area contributed by atoms with Crippen molar-refractivity contribution in [3.63, 3.8) is 0 Å². The molecule has 0 amide bonds. The monoisotopic (exact) mass is 271 g/mol. The normalized spacial score (nSPS) is 8.60. The molecule has 0 atom stereocenters. The lowest BCUT2D eigenvalue weighted by Gasteiger charge is -2.00. The molecule has 1 aromatic heterocycles.